The van der Waals surface area contributed by atoms with E-state index in [1.54, 1.807) is 30.3 Å². The molecule has 0 bridgehead atoms. The van der Waals surface area contributed by atoms with E-state index in [1.807, 2.05) is 0 Å². The summed E-state index contributed by atoms with van der Waals surface area (Å²) in [6, 6.07) is 8.78. The van der Waals surface area contributed by atoms with Crippen molar-refractivity contribution in [1.82, 2.24) is 4.98 Å². The third kappa shape index (κ3) is 2.31. The Balaban J connectivity index is 2.19. The zero-order chi connectivity index (χ0) is 13.6. The van der Waals surface area contributed by atoms with Crippen molar-refractivity contribution in [3.05, 3.63) is 44.8 Å². The molecule has 1 aromatic heterocycles. The van der Waals surface area contributed by atoms with Gasteiger partial charge in [0.15, 0.2) is 5.58 Å². The Hall–Kier alpha value is -1.23. The van der Waals surface area contributed by atoms with Crippen LogP contribution in [0, 0.1) is 0 Å². The topological polar surface area (TPSA) is 52.0 Å². The molecular weight excluding hydrogens is 351 g/mol. The lowest BCUT2D eigenvalue weighted by atomic mass is 10.2. The Morgan fingerprint density at radius 2 is 1.79 bits per heavy atom. The molecule has 0 aliphatic carbocycles. The number of nitrogens with two attached hydrogens (primary N) is 1. The second-order valence-corrected chi connectivity index (χ2v) is 5.61. The standard InChI is InChI=1S/C13H7BrCl2N2O/c14-12-8(15)3-6(4-9(12)16)13-18-10-5-7(17)1-2-11(10)19-13/h1-5H,17H2. The van der Waals surface area contributed by atoms with E-state index in [1.165, 1.54) is 0 Å². The summed E-state index contributed by atoms with van der Waals surface area (Å²) in [7, 11) is 0. The number of benzene rings is 2. The number of nitrogen functional groups attached to an aromatic ring is 1. The van der Waals surface area contributed by atoms with Gasteiger partial charge in [0, 0.05) is 11.3 Å². The molecular formula is C13H7BrCl2N2O. The second kappa shape index (κ2) is 4.71. The molecule has 0 spiro atoms. The Bertz CT molecular complexity index is 762. The van der Waals surface area contributed by atoms with Gasteiger partial charge >= 0.3 is 0 Å². The predicted molar refractivity (Wildman–Crippen MR) is 81.6 cm³/mol. The highest BCUT2D eigenvalue weighted by Crippen LogP contribution is 2.36. The number of aromatic nitrogens is 1. The highest BCUT2D eigenvalue weighted by molar-refractivity contribution is 9.10. The summed E-state index contributed by atoms with van der Waals surface area (Å²) in [5, 5.41) is 1.01. The van der Waals surface area contributed by atoms with Crippen molar-refractivity contribution in [2.75, 3.05) is 5.73 Å². The van der Waals surface area contributed by atoms with Crippen molar-refractivity contribution in [2.45, 2.75) is 0 Å². The first-order valence-electron chi connectivity index (χ1n) is 5.35. The van der Waals surface area contributed by atoms with E-state index >= 15 is 0 Å². The van der Waals surface area contributed by atoms with Gasteiger partial charge in [0.05, 0.1) is 14.5 Å². The van der Waals surface area contributed by atoms with Crippen molar-refractivity contribution >= 4 is 55.9 Å². The van der Waals surface area contributed by atoms with Gasteiger partial charge < -0.3 is 10.2 Å². The molecule has 6 heteroatoms. The molecule has 3 rings (SSSR count). The number of fused-ring (bicyclic) bond motifs is 1. The SMILES string of the molecule is Nc1ccc2oc(-c3cc(Cl)c(Br)c(Cl)c3)nc2c1. The van der Waals surface area contributed by atoms with Crippen LogP contribution in [0.25, 0.3) is 22.6 Å². The molecule has 0 unspecified atom stereocenters. The van der Waals surface area contributed by atoms with Crippen molar-refractivity contribution in [2.24, 2.45) is 0 Å². The molecule has 19 heavy (non-hydrogen) atoms. The molecule has 2 N–H and O–H groups in total. The van der Waals surface area contributed by atoms with Crippen molar-refractivity contribution in [3.8, 4) is 11.5 Å². The molecule has 0 atom stereocenters. The van der Waals surface area contributed by atoms with Crippen LogP contribution in [0.15, 0.2) is 39.2 Å². The fraction of sp³-hybridized carbons (Fsp3) is 0. The number of hydrogen-bond acceptors (Lipinski definition) is 3. The zero-order valence-corrected chi connectivity index (χ0v) is 12.6. The normalized spacial score (nSPS) is 11.1. The van der Waals surface area contributed by atoms with Crippen LogP contribution in [0.2, 0.25) is 10.0 Å². The van der Waals surface area contributed by atoms with E-state index in [0.717, 1.165) is 0 Å². The third-order valence-electron chi connectivity index (χ3n) is 2.64. The lowest BCUT2D eigenvalue weighted by Gasteiger charge is -2.01. The maximum Gasteiger partial charge on any atom is 0.227 e. The van der Waals surface area contributed by atoms with Crippen LogP contribution in [-0.2, 0) is 0 Å². The minimum absolute atomic E-state index is 0.455. The summed E-state index contributed by atoms with van der Waals surface area (Å²) in [4.78, 5) is 4.38. The van der Waals surface area contributed by atoms with Gasteiger partial charge in [-0.25, -0.2) is 4.98 Å². The second-order valence-electron chi connectivity index (χ2n) is 4.00. The Kier molecular flexibility index (Phi) is 3.17. The number of nitrogens with zero attached hydrogens (tertiary/aromatic N) is 1. The summed E-state index contributed by atoms with van der Waals surface area (Å²) < 4.78 is 6.31. The van der Waals surface area contributed by atoms with E-state index in [9.17, 15) is 0 Å². The fourth-order valence-electron chi connectivity index (χ4n) is 1.75. The zero-order valence-electron chi connectivity index (χ0n) is 9.45. The van der Waals surface area contributed by atoms with Crippen LogP contribution in [0.1, 0.15) is 0 Å². The van der Waals surface area contributed by atoms with E-state index in [4.69, 9.17) is 33.4 Å². The van der Waals surface area contributed by atoms with E-state index in [-0.39, 0.29) is 0 Å². The van der Waals surface area contributed by atoms with Crippen LogP contribution in [0.5, 0.6) is 0 Å². The van der Waals surface area contributed by atoms with Crippen LogP contribution >= 0.6 is 39.1 Å². The summed E-state index contributed by atoms with van der Waals surface area (Å²) in [5.74, 6) is 0.455. The number of rotatable bonds is 1. The molecule has 0 fully saturated rings. The average molecular weight is 358 g/mol. The van der Waals surface area contributed by atoms with Crippen LogP contribution in [0.4, 0.5) is 5.69 Å². The quantitative estimate of drug-likeness (QED) is 0.484. The summed E-state index contributed by atoms with van der Waals surface area (Å²) in [6.07, 6.45) is 0. The molecule has 0 saturated heterocycles. The highest BCUT2D eigenvalue weighted by atomic mass is 79.9. The Morgan fingerprint density at radius 1 is 1.11 bits per heavy atom. The smallest absolute Gasteiger partial charge is 0.227 e. The molecule has 0 aliphatic heterocycles. The lowest BCUT2D eigenvalue weighted by Crippen LogP contribution is -1.82. The molecule has 0 amide bonds. The van der Waals surface area contributed by atoms with E-state index < -0.39 is 0 Å². The predicted octanol–water partition coefficient (Wildman–Crippen LogP) is 5.15. The summed E-state index contributed by atoms with van der Waals surface area (Å²) in [6.45, 7) is 0. The molecule has 0 saturated carbocycles. The van der Waals surface area contributed by atoms with E-state index in [2.05, 4.69) is 20.9 Å². The van der Waals surface area contributed by atoms with Crippen LogP contribution < -0.4 is 5.73 Å². The molecule has 3 nitrogen and oxygen atoms in total. The highest BCUT2D eigenvalue weighted by Gasteiger charge is 2.12. The van der Waals surface area contributed by atoms with Gasteiger partial charge in [0.25, 0.3) is 0 Å². The molecule has 1 heterocycles. The maximum absolute atomic E-state index is 6.07. The number of hydrogen-bond donors (Lipinski definition) is 1. The first-order valence-corrected chi connectivity index (χ1v) is 6.90. The summed E-state index contributed by atoms with van der Waals surface area (Å²) in [5.41, 5.74) is 8.43. The van der Waals surface area contributed by atoms with Crippen LogP contribution in [-0.4, -0.2) is 4.98 Å². The van der Waals surface area contributed by atoms with Crippen molar-refractivity contribution in [1.29, 1.82) is 0 Å². The van der Waals surface area contributed by atoms with Crippen LogP contribution in [0.3, 0.4) is 0 Å². The maximum atomic E-state index is 6.07. The van der Waals surface area contributed by atoms with Crippen molar-refractivity contribution < 1.29 is 4.42 Å². The third-order valence-corrected chi connectivity index (χ3v) is 4.55. The minimum Gasteiger partial charge on any atom is -0.436 e. The first kappa shape index (κ1) is 12.8. The lowest BCUT2D eigenvalue weighted by molar-refractivity contribution is 0.620. The molecule has 2 aromatic carbocycles. The molecule has 0 aliphatic rings. The molecule has 0 radical (unpaired) electrons. The van der Waals surface area contributed by atoms with Crippen molar-refractivity contribution in [3.63, 3.8) is 0 Å². The Morgan fingerprint density at radius 3 is 2.47 bits per heavy atom. The fourth-order valence-corrected chi connectivity index (χ4v) is 2.46. The number of halogens is 3. The molecule has 3 aromatic rings. The van der Waals surface area contributed by atoms with Gasteiger partial charge in [0.1, 0.15) is 5.52 Å². The van der Waals surface area contributed by atoms with Gasteiger partial charge in [-0.1, -0.05) is 23.2 Å². The minimum atomic E-state index is 0.455. The van der Waals surface area contributed by atoms with Gasteiger partial charge in [-0.2, -0.15) is 0 Å². The van der Waals surface area contributed by atoms with Gasteiger partial charge in [-0.15, -0.1) is 0 Å². The van der Waals surface area contributed by atoms with Gasteiger partial charge in [-0.3, -0.25) is 0 Å². The van der Waals surface area contributed by atoms with E-state index in [0.29, 0.717) is 42.8 Å². The first-order chi connectivity index (χ1) is 9.04. The summed E-state index contributed by atoms with van der Waals surface area (Å²) >= 11 is 15.4. The van der Waals surface area contributed by atoms with Gasteiger partial charge in [0.2, 0.25) is 5.89 Å². The number of anilines is 1. The Labute approximate surface area is 127 Å². The number of oxazole rings is 1. The largest absolute Gasteiger partial charge is 0.436 e. The monoisotopic (exact) mass is 356 g/mol. The van der Waals surface area contributed by atoms with Gasteiger partial charge in [-0.05, 0) is 46.3 Å². The molecule has 96 valence electrons. The average Bonchev–Trinajstić information content (AvgIpc) is 2.78.